The molecule has 0 aliphatic carbocycles. The molecule has 0 atom stereocenters. The summed E-state index contributed by atoms with van der Waals surface area (Å²) in [4.78, 5) is 16.4. The minimum atomic E-state index is 0.699. The van der Waals surface area contributed by atoms with Gasteiger partial charge in [0.1, 0.15) is 6.29 Å². The van der Waals surface area contributed by atoms with Gasteiger partial charge in [0.05, 0.1) is 10.6 Å². The first kappa shape index (κ1) is 13.9. The van der Waals surface area contributed by atoms with Crippen molar-refractivity contribution >= 4 is 35.8 Å². The summed E-state index contributed by atoms with van der Waals surface area (Å²) >= 11 is 1.56. The lowest BCUT2D eigenvalue weighted by Crippen LogP contribution is -1.96. The number of aliphatic imine (C=N–C) groups is 1. The zero-order chi connectivity index (χ0) is 14.7. The molecule has 2 aromatic carbocycles. The van der Waals surface area contributed by atoms with Gasteiger partial charge >= 0.3 is 0 Å². The lowest BCUT2D eigenvalue weighted by atomic mass is 10.1. The number of nitrogens with one attached hydrogen (secondary N) is 1. The molecule has 0 bridgehead atoms. The Morgan fingerprint density at radius 3 is 3.00 bits per heavy atom. The average Bonchev–Trinajstić information content (AvgIpc) is 2.53. The van der Waals surface area contributed by atoms with Gasteiger partial charge in [-0.3, -0.25) is 9.79 Å². The molecule has 4 heteroatoms. The smallest absolute Gasteiger partial charge is 0.150 e. The highest BCUT2D eigenvalue weighted by molar-refractivity contribution is 8.00. The third-order valence-electron chi connectivity index (χ3n) is 3.50. The van der Waals surface area contributed by atoms with Crippen LogP contribution in [0.4, 0.5) is 11.4 Å². The maximum Gasteiger partial charge on any atom is 0.150 e. The number of carbonyl (C=O) groups excluding carboxylic acids is 1. The minimum Gasteiger partial charge on any atom is -0.325 e. The van der Waals surface area contributed by atoms with Gasteiger partial charge in [0, 0.05) is 17.5 Å². The largest absolute Gasteiger partial charge is 0.325 e. The first-order valence-corrected chi connectivity index (χ1v) is 7.72. The Balaban J connectivity index is 1.80. The molecule has 1 aliphatic heterocycles. The summed E-state index contributed by atoms with van der Waals surface area (Å²) in [5.74, 6) is 0. The van der Waals surface area contributed by atoms with E-state index in [9.17, 15) is 4.79 Å². The third-order valence-corrected chi connectivity index (χ3v) is 4.37. The van der Waals surface area contributed by atoms with Crippen molar-refractivity contribution in [1.82, 2.24) is 0 Å². The molecule has 1 aliphatic rings. The van der Waals surface area contributed by atoms with E-state index in [2.05, 4.69) is 27.9 Å². The van der Waals surface area contributed by atoms with E-state index >= 15 is 0 Å². The number of nitrogens with zero attached hydrogens (tertiary/aromatic N) is 1. The summed E-state index contributed by atoms with van der Waals surface area (Å²) in [5.41, 5.74) is 5.15. The molecule has 0 radical (unpaired) electrons. The van der Waals surface area contributed by atoms with Gasteiger partial charge in [-0.05, 0) is 67.1 Å². The molecule has 0 spiro atoms. The fourth-order valence-electron chi connectivity index (χ4n) is 2.36. The van der Waals surface area contributed by atoms with Gasteiger partial charge in [0.2, 0.25) is 0 Å². The van der Waals surface area contributed by atoms with Crippen LogP contribution >= 0.6 is 11.9 Å². The van der Waals surface area contributed by atoms with E-state index in [1.54, 1.807) is 11.9 Å². The molecule has 3 nitrogen and oxygen atoms in total. The fourth-order valence-corrected chi connectivity index (χ4v) is 3.23. The molecule has 1 heterocycles. The number of fused-ring (bicyclic) bond motifs is 1. The van der Waals surface area contributed by atoms with Crippen molar-refractivity contribution in [1.29, 1.82) is 0 Å². The Labute approximate surface area is 128 Å². The van der Waals surface area contributed by atoms with Crippen LogP contribution in [-0.2, 0) is 6.42 Å². The summed E-state index contributed by atoms with van der Waals surface area (Å²) in [6.45, 7) is 1.99. The van der Waals surface area contributed by atoms with E-state index in [-0.39, 0.29) is 0 Å². The van der Waals surface area contributed by atoms with Crippen LogP contribution < -0.4 is 4.72 Å². The molecule has 0 saturated heterocycles. The molecular formula is C17H16N2OS. The van der Waals surface area contributed by atoms with Crippen molar-refractivity contribution in [2.45, 2.75) is 24.7 Å². The van der Waals surface area contributed by atoms with Crippen LogP contribution in [0.5, 0.6) is 0 Å². The highest BCUT2D eigenvalue weighted by atomic mass is 32.2. The van der Waals surface area contributed by atoms with Crippen LogP contribution in [0.2, 0.25) is 0 Å². The molecule has 106 valence electrons. The number of aryl methyl sites for hydroxylation is 2. The second kappa shape index (κ2) is 6.14. The highest BCUT2D eigenvalue weighted by Gasteiger charge is 2.11. The number of aldehydes is 1. The van der Waals surface area contributed by atoms with Gasteiger partial charge in [-0.2, -0.15) is 0 Å². The molecule has 3 rings (SSSR count). The van der Waals surface area contributed by atoms with Gasteiger partial charge < -0.3 is 4.72 Å². The van der Waals surface area contributed by atoms with Crippen LogP contribution in [0.1, 0.15) is 27.9 Å². The summed E-state index contributed by atoms with van der Waals surface area (Å²) in [7, 11) is 0. The van der Waals surface area contributed by atoms with Crippen LogP contribution in [0.15, 0.2) is 46.3 Å². The maximum absolute atomic E-state index is 10.8. The fraction of sp³-hybridized carbons (Fsp3) is 0.176. The molecule has 0 saturated carbocycles. The molecule has 2 aromatic rings. The van der Waals surface area contributed by atoms with Gasteiger partial charge in [0.15, 0.2) is 0 Å². The van der Waals surface area contributed by atoms with Gasteiger partial charge in [-0.25, -0.2) is 0 Å². The number of para-hydroxylation sites is 1. The maximum atomic E-state index is 10.8. The number of hydrogen-bond donors (Lipinski definition) is 1. The monoisotopic (exact) mass is 296 g/mol. The van der Waals surface area contributed by atoms with E-state index in [0.29, 0.717) is 5.56 Å². The molecule has 1 N–H and O–H groups in total. The van der Waals surface area contributed by atoms with Crippen molar-refractivity contribution in [3.8, 4) is 0 Å². The summed E-state index contributed by atoms with van der Waals surface area (Å²) in [5, 5.41) is 0. The average molecular weight is 296 g/mol. The molecule has 0 aromatic heterocycles. The normalized spacial score (nSPS) is 12.8. The zero-order valence-corrected chi connectivity index (χ0v) is 12.6. The number of benzene rings is 2. The van der Waals surface area contributed by atoms with E-state index in [0.717, 1.165) is 41.0 Å². The Kier molecular flexibility index (Phi) is 4.06. The van der Waals surface area contributed by atoms with Crippen LogP contribution in [0.25, 0.3) is 0 Å². The van der Waals surface area contributed by atoms with Gasteiger partial charge in [-0.1, -0.05) is 12.1 Å². The quantitative estimate of drug-likeness (QED) is 0.663. The van der Waals surface area contributed by atoms with Crippen molar-refractivity contribution < 1.29 is 4.79 Å². The lowest BCUT2D eigenvalue weighted by Gasteiger charge is -2.15. The Morgan fingerprint density at radius 2 is 2.19 bits per heavy atom. The van der Waals surface area contributed by atoms with Crippen molar-refractivity contribution in [3.63, 3.8) is 0 Å². The Bertz CT molecular complexity index is 710. The summed E-state index contributed by atoms with van der Waals surface area (Å²) in [6.07, 6.45) is 4.92. The number of carbonyl (C=O) groups is 1. The predicted octanol–water partition coefficient (Wildman–Crippen LogP) is 4.58. The van der Waals surface area contributed by atoms with Crippen molar-refractivity contribution in [3.05, 3.63) is 53.1 Å². The second-order valence-electron chi connectivity index (χ2n) is 5.01. The SMILES string of the molecule is Cc1cc(C=O)ccc1NSc1cccc2c1N=CCC2. The molecule has 0 fully saturated rings. The Morgan fingerprint density at radius 1 is 1.29 bits per heavy atom. The molecule has 0 unspecified atom stereocenters. The lowest BCUT2D eigenvalue weighted by molar-refractivity contribution is 0.112. The molecule has 21 heavy (non-hydrogen) atoms. The first-order chi connectivity index (χ1) is 10.3. The zero-order valence-electron chi connectivity index (χ0n) is 11.8. The van der Waals surface area contributed by atoms with E-state index in [1.165, 1.54) is 5.56 Å². The van der Waals surface area contributed by atoms with Crippen molar-refractivity contribution in [2.24, 2.45) is 4.99 Å². The van der Waals surface area contributed by atoms with Crippen LogP contribution in [0.3, 0.4) is 0 Å². The third kappa shape index (κ3) is 3.00. The second-order valence-corrected chi connectivity index (χ2v) is 5.86. The van der Waals surface area contributed by atoms with Crippen LogP contribution in [-0.4, -0.2) is 12.5 Å². The number of rotatable bonds is 4. The minimum absolute atomic E-state index is 0.699. The van der Waals surface area contributed by atoms with Gasteiger partial charge in [-0.15, -0.1) is 0 Å². The first-order valence-electron chi connectivity index (χ1n) is 6.91. The van der Waals surface area contributed by atoms with Crippen LogP contribution in [0, 0.1) is 6.92 Å². The summed E-state index contributed by atoms with van der Waals surface area (Å²) < 4.78 is 3.36. The van der Waals surface area contributed by atoms with E-state index in [4.69, 9.17) is 0 Å². The van der Waals surface area contributed by atoms with E-state index < -0.39 is 0 Å². The topological polar surface area (TPSA) is 41.5 Å². The summed E-state index contributed by atoms with van der Waals surface area (Å²) in [6, 6.07) is 11.9. The van der Waals surface area contributed by atoms with E-state index in [1.807, 2.05) is 31.3 Å². The number of hydrogen-bond acceptors (Lipinski definition) is 4. The molecule has 0 amide bonds. The molecular weight excluding hydrogens is 280 g/mol. The number of anilines is 1. The standard InChI is InChI=1S/C17H16N2OS/c1-12-10-13(11-20)7-8-15(12)19-21-16-6-2-4-14-5-3-9-18-17(14)16/h2,4,6-11,19H,3,5H2,1H3. The van der Waals surface area contributed by atoms with Gasteiger partial charge in [0.25, 0.3) is 0 Å². The van der Waals surface area contributed by atoms with Crippen molar-refractivity contribution in [2.75, 3.05) is 4.72 Å². The highest BCUT2D eigenvalue weighted by Crippen LogP contribution is 2.35. The predicted molar refractivity (Wildman–Crippen MR) is 89.0 cm³/mol. The Hall–Kier alpha value is -2.07.